The smallest absolute Gasteiger partial charge is 0.220 e. The maximum Gasteiger partial charge on any atom is 0.244 e. The Hall–Kier alpha value is 0.700. The van der Waals surface area contributed by atoms with Gasteiger partial charge in [0.05, 0.1) is 4.83 Å². The quantitative estimate of drug-likeness (QED) is 0.536. The normalized spacial score (nSPS) is 15.5. The Morgan fingerprint density at radius 1 is 2.00 bits per heavy atom. The van der Waals surface area contributed by atoms with Gasteiger partial charge in [0.2, 0.25) is 5.63 Å². The van der Waals surface area contributed by atoms with Gasteiger partial charge < -0.3 is 0 Å². The van der Waals surface area contributed by atoms with E-state index in [0.29, 0.717) is 0 Å². The molecule has 37 valence electrons. The van der Waals surface area contributed by atoms with Crippen LogP contribution in [-0.2, 0) is 0 Å². The lowest BCUT2D eigenvalue weighted by molar-refractivity contribution is 0.564. The monoisotopic (exact) mass is 173 g/mol. The molecule has 0 N–H and O–H groups in total. The van der Waals surface area contributed by atoms with Crippen LogP contribution in [0, 0.1) is 5.63 Å². The number of rotatable bonds is 1. The molecule has 1 radical (unpaired) electrons. The molecule has 1 atom stereocenters. The van der Waals surface area contributed by atoms with E-state index in [1.807, 2.05) is 0 Å². The van der Waals surface area contributed by atoms with Crippen LogP contribution in [0.5, 0.6) is 0 Å². The summed E-state index contributed by atoms with van der Waals surface area (Å²) in [7, 11) is 0. The van der Waals surface area contributed by atoms with Crippen molar-refractivity contribution in [2.75, 3.05) is 0 Å². The third-order valence-electron chi connectivity index (χ3n) is 0.301. The third-order valence-corrected chi connectivity index (χ3v) is 1.29. The van der Waals surface area contributed by atoms with Crippen molar-refractivity contribution in [3.8, 4) is 0 Å². The lowest BCUT2D eigenvalue weighted by Crippen LogP contribution is -1.91. The minimum Gasteiger partial charge on any atom is -0.220 e. The molecule has 0 nitrogen and oxygen atoms in total. The Kier molecular flexibility index (Phi) is 3.13. The molecular formula is C3H4BrClF. The van der Waals surface area contributed by atoms with E-state index in [4.69, 9.17) is 11.6 Å². The second-order valence-electron chi connectivity index (χ2n) is 0.906. The maximum atomic E-state index is 11.5. The van der Waals surface area contributed by atoms with Crippen LogP contribution in [0.4, 0.5) is 4.39 Å². The Morgan fingerprint density at radius 2 is 2.17 bits per heavy atom. The Balaban J connectivity index is 2.99. The Labute approximate surface area is 49.8 Å². The van der Waals surface area contributed by atoms with Crippen LogP contribution in [0.3, 0.4) is 0 Å². The van der Waals surface area contributed by atoms with E-state index in [1.165, 1.54) is 0 Å². The highest BCUT2D eigenvalue weighted by molar-refractivity contribution is 9.09. The van der Waals surface area contributed by atoms with Gasteiger partial charge in [0.1, 0.15) is 0 Å². The molecule has 0 fully saturated rings. The average Bonchev–Trinajstić information content (AvgIpc) is 1.36. The molecule has 3 heteroatoms. The first kappa shape index (κ1) is 6.70. The number of hydrogen-bond acceptors (Lipinski definition) is 0. The zero-order chi connectivity index (χ0) is 5.15. The Bertz CT molecular complexity index is 31.8. The molecular weight excluding hydrogens is 170 g/mol. The predicted molar refractivity (Wildman–Crippen MR) is 28.6 cm³/mol. The molecule has 0 aliphatic heterocycles. The molecule has 0 aliphatic carbocycles. The molecule has 0 aromatic rings. The van der Waals surface area contributed by atoms with E-state index in [1.54, 1.807) is 6.92 Å². The van der Waals surface area contributed by atoms with Crippen molar-refractivity contribution in [1.82, 2.24) is 0 Å². The molecule has 0 heterocycles. The topological polar surface area (TPSA) is 0 Å². The molecule has 0 aromatic carbocycles. The summed E-state index contributed by atoms with van der Waals surface area (Å²) in [5, 5.41) is 0. The maximum absolute atomic E-state index is 11.5. The van der Waals surface area contributed by atoms with E-state index >= 15 is 0 Å². The molecule has 0 aliphatic rings. The van der Waals surface area contributed by atoms with Gasteiger partial charge in [0.25, 0.3) is 0 Å². The van der Waals surface area contributed by atoms with Gasteiger partial charge in [-0.1, -0.05) is 27.5 Å². The van der Waals surface area contributed by atoms with Gasteiger partial charge in [-0.3, -0.25) is 0 Å². The highest BCUT2D eigenvalue weighted by atomic mass is 79.9. The molecule has 0 saturated heterocycles. The molecule has 0 spiro atoms. The summed E-state index contributed by atoms with van der Waals surface area (Å²) in [5.41, 5.74) is -0.602. The zero-order valence-corrected chi connectivity index (χ0v) is 5.55. The summed E-state index contributed by atoms with van der Waals surface area (Å²) in [6.45, 7) is 1.61. The lowest BCUT2D eigenvalue weighted by atomic mass is 10.5. The largest absolute Gasteiger partial charge is 0.244 e. The second-order valence-corrected chi connectivity index (χ2v) is 2.64. The van der Waals surface area contributed by atoms with E-state index in [2.05, 4.69) is 15.9 Å². The van der Waals surface area contributed by atoms with Gasteiger partial charge in [-0.05, 0) is 6.92 Å². The minimum atomic E-state index is -0.602. The second kappa shape index (κ2) is 2.80. The van der Waals surface area contributed by atoms with Crippen LogP contribution in [-0.4, -0.2) is 4.83 Å². The SMILES string of the molecule is CC(Br)[C](F)Cl. The van der Waals surface area contributed by atoms with Crippen LogP contribution in [0.25, 0.3) is 0 Å². The van der Waals surface area contributed by atoms with Crippen LogP contribution < -0.4 is 0 Å². The number of hydrogen-bond donors (Lipinski definition) is 0. The average molecular weight is 174 g/mol. The van der Waals surface area contributed by atoms with Crippen molar-refractivity contribution in [2.24, 2.45) is 0 Å². The lowest BCUT2D eigenvalue weighted by Gasteiger charge is -1.94. The molecule has 0 aromatic heterocycles. The fraction of sp³-hybridized carbons (Fsp3) is 0.667. The number of alkyl halides is 1. The first-order valence-corrected chi connectivity index (χ1v) is 2.76. The molecule has 0 saturated carbocycles. The highest BCUT2D eigenvalue weighted by Crippen LogP contribution is 2.19. The van der Waals surface area contributed by atoms with Gasteiger partial charge in [-0.15, -0.1) is 0 Å². The third kappa shape index (κ3) is 2.91. The van der Waals surface area contributed by atoms with Crippen molar-refractivity contribution in [1.29, 1.82) is 0 Å². The van der Waals surface area contributed by atoms with Crippen LogP contribution >= 0.6 is 27.5 Å². The Morgan fingerprint density at radius 3 is 2.17 bits per heavy atom. The summed E-state index contributed by atoms with van der Waals surface area (Å²) in [4.78, 5) is -0.320. The van der Waals surface area contributed by atoms with Crippen molar-refractivity contribution < 1.29 is 4.39 Å². The first-order chi connectivity index (χ1) is 2.64. The summed E-state index contributed by atoms with van der Waals surface area (Å²) >= 11 is 7.71. The van der Waals surface area contributed by atoms with Crippen molar-refractivity contribution in [3.63, 3.8) is 0 Å². The van der Waals surface area contributed by atoms with Crippen LogP contribution in [0.2, 0.25) is 0 Å². The van der Waals surface area contributed by atoms with Crippen molar-refractivity contribution in [2.45, 2.75) is 11.8 Å². The summed E-state index contributed by atoms with van der Waals surface area (Å²) in [6.07, 6.45) is 0. The molecule has 6 heavy (non-hydrogen) atoms. The molecule has 0 amide bonds. The predicted octanol–water partition coefficient (Wildman–Crippen LogP) is 2.47. The van der Waals surface area contributed by atoms with Gasteiger partial charge in [-0.25, -0.2) is 4.39 Å². The van der Waals surface area contributed by atoms with E-state index in [0.717, 1.165) is 0 Å². The van der Waals surface area contributed by atoms with Crippen molar-refractivity contribution >= 4 is 27.5 Å². The fourth-order valence-corrected chi connectivity index (χ4v) is 0. The van der Waals surface area contributed by atoms with Gasteiger partial charge >= 0.3 is 0 Å². The zero-order valence-electron chi connectivity index (χ0n) is 3.21. The van der Waals surface area contributed by atoms with E-state index in [-0.39, 0.29) is 4.83 Å². The molecule has 1 unspecified atom stereocenters. The van der Waals surface area contributed by atoms with Crippen molar-refractivity contribution in [3.05, 3.63) is 5.63 Å². The summed E-state index contributed by atoms with van der Waals surface area (Å²) in [5.74, 6) is 0. The molecule has 0 bridgehead atoms. The highest BCUT2D eigenvalue weighted by Gasteiger charge is 2.08. The van der Waals surface area contributed by atoms with Gasteiger partial charge in [-0.2, -0.15) is 0 Å². The van der Waals surface area contributed by atoms with Crippen LogP contribution in [0.1, 0.15) is 6.92 Å². The van der Waals surface area contributed by atoms with E-state index < -0.39 is 5.63 Å². The minimum absolute atomic E-state index is 0.320. The van der Waals surface area contributed by atoms with Gasteiger partial charge in [0.15, 0.2) is 0 Å². The molecule has 0 rings (SSSR count). The number of halogens is 3. The van der Waals surface area contributed by atoms with E-state index in [9.17, 15) is 4.39 Å². The fourth-order valence-electron chi connectivity index (χ4n) is 0. The van der Waals surface area contributed by atoms with Gasteiger partial charge in [0, 0.05) is 0 Å². The standard InChI is InChI=1S/C3H4BrClF/c1-2(4)3(5)6/h2H,1H3. The van der Waals surface area contributed by atoms with Crippen LogP contribution in [0.15, 0.2) is 0 Å². The summed E-state index contributed by atoms with van der Waals surface area (Å²) < 4.78 is 11.5. The first-order valence-electron chi connectivity index (χ1n) is 1.46. The summed E-state index contributed by atoms with van der Waals surface area (Å²) in [6, 6.07) is 0.